The second-order valence-electron chi connectivity index (χ2n) is 7.10. The van der Waals surface area contributed by atoms with Gasteiger partial charge in [-0.2, -0.15) is 0 Å². The van der Waals surface area contributed by atoms with E-state index in [0.717, 1.165) is 37.4 Å². The molecule has 4 nitrogen and oxygen atoms in total. The first-order chi connectivity index (χ1) is 11.6. The summed E-state index contributed by atoms with van der Waals surface area (Å²) in [5, 5.41) is 1.28. The fourth-order valence-electron chi connectivity index (χ4n) is 3.80. The van der Waals surface area contributed by atoms with Crippen molar-refractivity contribution >= 4 is 16.1 Å². The van der Waals surface area contributed by atoms with E-state index in [4.69, 9.17) is 0 Å². The number of benzene rings is 1. The Morgan fingerprint density at radius 3 is 2.38 bits per heavy atom. The number of hydrogen-bond donors (Lipinski definition) is 1. The molecule has 5 heteroatoms. The van der Waals surface area contributed by atoms with Gasteiger partial charge < -0.3 is 4.90 Å². The van der Waals surface area contributed by atoms with E-state index in [1.165, 1.54) is 37.6 Å². The molecule has 1 aromatic carbocycles. The summed E-state index contributed by atoms with van der Waals surface area (Å²) in [5.41, 5.74) is 0.897. The van der Waals surface area contributed by atoms with Crippen LogP contribution in [0.15, 0.2) is 35.7 Å². The van der Waals surface area contributed by atoms with Crippen molar-refractivity contribution in [2.24, 2.45) is 5.92 Å². The van der Waals surface area contributed by atoms with E-state index in [0.29, 0.717) is 0 Å². The second kappa shape index (κ2) is 8.28. The Hall–Kier alpha value is -1.17. The van der Waals surface area contributed by atoms with Crippen molar-refractivity contribution in [3.63, 3.8) is 0 Å². The van der Waals surface area contributed by atoms with Gasteiger partial charge in [0.1, 0.15) is 0 Å². The molecule has 0 atom stereocenters. The minimum Gasteiger partial charge on any atom is -0.303 e. The van der Waals surface area contributed by atoms with Gasteiger partial charge in [0.05, 0.1) is 0 Å². The van der Waals surface area contributed by atoms with Gasteiger partial charge in [-0.05, 0) is 56.3 Å². The Labute approximate surface area is 146 Å². The van der Waals surface area contributed by atoms with E-state index in [1.807, 2.05) is 30.3 Å². The van der Waals surface area contributed by atoms with Crippen LogP contribution in [0, 0.1) is 5.92 Å². The van der Waals surface area contributed by atoms with E-state index in [-0.39, 0.29) is 6.04 Å². The van der Waals surface area contributed by atoms with Crippen LogP contribution in [0.1, 0.15) is 44.1 Å². The smallest absolute Gasteiger partial charge is 0.233 e. The quantitative estimate of drug-likeness (QED) is 0.859. The van der Waals surface area contributed by atoms with Crippen LogP contribution in [0.4, 0.5) is 0 Å². The van der Waals surface area contributed by atoms with Gasteiger partial charge in [0.2, 0.25) is 10.0 Å². The van der Waals surface area contributed by atoms with E-state index in [9.17, 15) is 8.42 Å². The lowest BCUT2D eigenvalue weighted by Gasteiger charge is -2.33. The van der Waals surface area contributed by atoms with Crippen molar-refractivity contribution in [2.45, 2.75) is 44.6 Å². The molecule has 132 valence electrons. The summed E-state index contributed by atoms with van der Waals surface area (Å²) in [4.78, 5) is 2.51. The zero-order valence-electron chi connectivity index (χ0n) is 14.2. The fourth-order valence-corrected chi connectivity index (χ4v) is 4.91. The lowest BCUT2D eigenvalue weighted by molar-refractivity contribution is 0.180. The van der Waals surface area contributed by atoms with Crippen LogP contribution in [0.3, 0.4) is 0 Å². The van der Waals surface area contributed by atoms with Crippen LogP contribution < -0.4 is 4.72 Å². The standard InChI is InChI=1S/C19H28N2O2S/c22-24(23,15-12-17-6-2-1-3-7-17)20-19-10-13-21(14-11-19)16-18-8-4-5-9-18/h1-3,6-7,12,15,18-20H,4-5,8-11,13-14,16H2. The van der Waals surface area contributed by atoms with Gasteiger partial charge in [-0.15, -0.1) is 0 Å². The third-order valence-corrected chi connectivity index (χ3v) is 6.31. The van der Waals surface area contributed by atoms with E-state index in [1.54, 1.807) is 6.08 Å². The van der Waals surface area contributed by atoms with Crippen LogP contribution in [-0.2, 0) is 10.0 Å². The highest BCUT2D eigenvalue weighted by Gasteiger charge is 2.25. The van der Waals surface area contributed by atoms with Crippen molar-refractivity contribution < 1.29 is 8.42 Å². The monoisotopic (exact) mass is 348 g/mol. The largest absolute Gasteiger partial charge is 0.303 e. The molecule has 2 fully saturated rings. The number of rotatable bonds is 6. The molecule has 1 aromatic rings. The molecule has 0 aromatic heterocycles. The maximum absolute atomic E-state index is 12.2. The van der Waals surface area contributed by atoms with Crippen molar-refractivity contribution in [3.05, 3.63) is 41.3 Å². The SMILES string of the molecule is O=S(=O)(C=Cc1ccccc1)NC1CCN(CC2CCCC2)CC1. The van der Waals surface area contributed by atoms with Gasteiger partial charge in [-0.25, -0.2) is 13.1 Å². The third kappa shape index (κ3) is 5.43. The predicted molar refractivity (Wildman–Crippen MR) is 99.0 cm³/mol. The molecule has 1 heterocycles. The van der Waals surface area contributed by atoms with Crippen LogP contribution >= 0.6 is 0 Å². The Morgan fingerprint density at radius 1 is 1.04 bits per heavy atom. The average molecular weight is 349 g/mol. The highest BCUT2D eigenvalue weighted by atomic mass is 32.2. The fraction of sp³-hybridized carbons (Fsp3) is 0.579. The molecule has 1 aliphatic heterocycles. The summed E-state index contributed by atoms with van der Waals surface area (Å²) in [6, 6.07) is 9.58. The summed E-state index contributed by atoms with van der Waals surface area (Å²) in [7, 11) is -3.37. The number of hydrogen-bond acceptors (Lipinski definition) is 3. The molecule has 1 aliphatic carbocycles. The zero-order valence-corrected chi connectivity index (χ0v) is 15.0. The Kier molecular flexibility index (Phi) is 6.09. The van der Waals surface area contributed by atoms with E-state index >= 15 is 0 Å². The minimum atomic E-state index is -3.37. The first-order valence-electron chi connectivity index (χ1n) is 9.08. The molecule has 3 rings (SSSR count). The van der Waals surface area contributed by atoms with E-state index in [2.05, 4.69) is 9.62 Å². The van der Waals surface area contributed by atoms with Gasteiger partial charge in [0, 0.05) is 18.0 Å². The topological polar surface area (TPSA) is 49.4 Å². The molecule has 0 radical (unpaired) electrons. The van der Waals surface area contributed by atoms with Gasteiger partial charge in [-0.1, -0.05) is 43.2 Å². The lowest BCUT2D eigenvalue weighted by atomic mass is 10.0. The Balaban J connectivity index is 1.45. The summed E-state index contributed by atoms with van der Waals surface area (Å²) < 4.78 is 27.3. The lowest BCUT2D eigenvalue weighted by Crippen LogP contribution is -2.45. The van der Waals surface area contributed by atoms with Crippen LogP contribution in [0.25, 0.3) is 6.08 Å². The Morgan fingerprint density at radius 2 is 1.71 bits per heavy atom. The molecule has 1 saturated heterocycles. The second-order valence-corrected chi connectivity index (χ2v) is 8.70. The Bertz CT molecular complexity index is 629. The molecule has 0 spiro atoms. The highest BCUT2D eigenvalue weighted by molar-refractivity contribution is 7.92. The number of piperidine rings is 1. The molecule has 0 unspecified atom stereocenters. The van der Waals surface area contributed by atoms with Crippen molar-refractivity contribution in [2.75, 3.05) is 19.6 Å². The van der Waals surface area contributed by atoms with Gasteiger partial charge in [0.25, 0.3) is 0 Å². The van der Waals surface area contributed by atoms with Crippen LogP contribution in [-0.4, -0.2) is 39.0 Å². The summed E-state index contributed by atoms with van der Waals surface area (Å²) in [6.45, 7) is 3.21. The summed E-state index contributed by atoms with van der Waals surface area (Å²) in [5.74, 6) is 0.868. The van der Waals surface area contributed by atoms with Gasteiger partial charge >= 0.3 is 0 Å². The molecule has 1 N–H and O–H groups in total. The van der Waals surface area contributed by atoms with E-state index < -0.39 is 10.0 Å². The van der Waals surface area contributed by atoms with Gasteiger partial charge in [0.15, 0.2) is 0 Å². The van der Waals surface area contributed by atoms with Crippen LogP contribution in [0.2, 0.25) is 0 Å². The molecule has 0 bridgehead atoms. The third-order valence-electron chi connectivity index (χ3n) is 5.15. The predicted octanol–water partition coefficient (Wildman–Crippen LogP) is 3.23. The van der Waals surface area contributed by atoms with Gasteiger partial charge in [-0.3, -0.25) is 0 Å². The molecular formula is C19H28N2O2S. The molecule has 24 heavy (non-hydrogen) atoms. The summed E-state index contributed by atoms with van der Waals surface area (Å²) >= 11 is 0. The zero-order chi connectivity index (χ0) is 16.8. The molecule has 0 amide bonds. The molecule has 2 aliphatic rings. The number of sulfonamides is 1. The number of nitrogens with one attached hydrogen (secondary N) is 1. The van der Waals surface area contributed by atoms with Crippen molar-refractivity contribution in [3.8, 4) is 0 Å². The van der Waals surface area contributed by atoms with Crippen molar-refractivity contribution in [1.82, 2.24) is 9.62 Å². The normalized spacial score (nSPS) is 21.7. The average Bonchev–Trinajstić information content (AvgIpc) is 3.09. The van der Waals surface area contributed by atoms with Crippen molar-refractivity contribution in [1.29, 1.82) is 0 Å². The number of nitrogens with zero attached hydrogens (tertiary/aromatic N) is 1. The minimum absolute atomic E-state index is 0.0650. The summed E-state index contributed by atoms with van der Waals surface area (Å²) in [6.07, 6.45) is 8.98. The molecule has 1 saturated carbocycles. The first kappa shape index (κ1) is 17.6. The number of likely N-dealkylation sites (tertiary alicyclic amines) is 1. The maximum atomic E-state index is 12.2. The van der Waals surface area contributed by atoms with Crippen LogP contribution in [0.5, 0.6) is 0 Å². The highest BCUT2D eigenvalue weighted by Crippen LogP contribution is 2.26. The molecular weight excluding hydrogens is 320 g/mol. The maximum Gasteiger partial charge on any atom is 0.233 e. The first-order valence-corrected chi connectivity index (χ1v) is 10.6.